The molecule has 2 aromatic rings. The molecule has 1 aromatic carbocycles. The maximum Gasteiger partial charge on any atom is 0.246 e. The lowest BCUT2D eigenvalue weighted by Crippen LogP contribution is -2.36. The van der Waals surface area contributed by atoms with Crippen molar-refractivity contribution in [2.45, 2.75) is 70.1 Å². The third-order valence-electron chi connectivity index (χ3n) is 5.91. The predicted octanol–water partition coefficient (Wildman–Crippen LogP) is 3.44. The number of hydrogen-bond donors (Lipinski definition) is 0. The van der Waals surface area contributed by atoms with E-state index in [2.05, 4.69) is 10.00 Å². The van der Waals surface area contributed by atoms with E-state index in [0.717, 1.165) is 37.7 Å². The summed E-state index contributed by atoms with van der Waals surface area (Å²) in [6.45, 7) is 6.03. The van der Waals surface area contributed by atoms with Gasteiger partial charge < -0.3 is 0 Å². The number of piperidine rings is 1. The zero-order valence-corrected chi connectivity index (χ0v) is 18.0. The molecule has 1 aliphatic heterocycles. The Morgan fingerprint density at radius 3 is 2.38 bits per heavy atom. The van der Waals surface area contributed by atoms with Gasteiger partial charge in [-0.1, -0.05) is 18.6 Å². The van der Waals surface area contributed by atoms with Crippen molar-refractivity contribution in [3.8, 4) is 0 Å². The average molecular weight is 421 g/mol. The highest BCUT2D eigenvalue weighted by Gasteiger charge is 2.34. The van der Waals surface area contributed by atoms with Crippen LogP contribution in [0.3, 0.4) is 0 Å². The quantitative estimate of drug-likeness (QED) is 0.689. The Morgan fingerprint density at radius 2 is 1.76 bits per heavy atom. The fourth-order valence-electron chi connectivity index (χ4n) is 4.16. The van der Waals surface area contributed by atoms with Gasteiger partial charge in [0, 0.05) is 25.7 Å². The summed E-state index contributed by atoms with van der Waals surface area (Å²) >= 11 is 0. The minimum absolute atomic E-state index is 0.238. The lowest BCUT2D eigenvalue weighted by atomic mass is 10.2. The van der Waals surface area contributed by atoms with Gasteiger partial charge in [0.25, 0.3) is 0 Å². The van der Waals surface area contributed by atoms with Crippen molar-refractivity contribution in [3.05, 3.63) is 47.0 Å². The van der Waals surface area contributed by atoms with Crippen LogP contribution in [0, 0.1) is 19.7 Å². The lowest BCUT2D eigenvalue weighted by Gasteiger charge is -2.26. The second-order valence-corrected chi connectivity index (χ2v) is 10.1. The van der Waals surface area contributed by atoms with Crippen LogP contribution in [-0.2, 0) is 23.2 Å². The molecule has 0 atom stereocenters. The molecule has 2 fully saturated rings. The van der Waals surface area contributed by atoms with Crippen LogP contribution in [0.1, 0.15) is 49.1 Å². The summed E-state index contributed by atoms with van der Waals surface area (Å²) in [4.78, 5) is 2.65. The maximum atomic E-state index is 13.2. The van der Waals surface area contributed by atoms with E-state index in [4.69, 9.17) is 0 Å². The van der Waals surface area contributed by atoms with Crippen LogP contribution in [0.2, 0.25) is 0 Å². The first-order valence-electron chi connectivity index (χ1n) is 10.4. The number of aryl methyl sites for hydroxylation is 1. The summed E-state index contributed by atoms with van der Waals surface area (Å²) in [5, 5.41) is 4.59. The molecule has 2 heterocycles. The van der Waals surface area contributed by atoms with E-state index >= 15 is 0 Å². The number of nitrogens with zero attached hydrogens (tertiary/aromatic N) is 4. The van der Waals surface area contributed by atoms with Crippen LogP contribution >= 0.6 is 0 Å². The summed E-state index contributed by atoms with van der Waals surface area (Å²) in [5.74, 6) is -0.238. The van der Waals surface area contributed by atoms with Gasteiger partial charge in [-0.25, -0.2) is 12.8 Å². The van der Waals surface area contributed by atoms with Crippen molar-refractivity contribution < 1.29 is 12.8 Å². The van der Waals surface area contributed by atoms with Gasteiger partial charge in [0.2, 0.25) is 10.0 Å². The second-order valence-electron chi connectivity index (χ2n) is 8.21. The lowest BCUT2D eigenvalue weighted by molar-refractivity contribution is 0.186. The highest BCUT2D eigenvalue weighted by atomic mass is 32.2. The molecule has 0 N–H and O–H groups in total. The monoisotopic (exact) mass is 420 g/mol. The molecule has 2 aliphatic rings. The van der Waals surface area contributed by atoms with Gasteiger partial charge >= 0.3 is 0 Å². The third kappa shape index (κ3) is 4.39. The van der Waals surface area contributed by atoms with E-state index < -0.39 is 10.0 Å². The molecule has 0 spiro atoms. The Labute approximate surface area is 172 Å². The molecule has 4 rings (SSSR count). The SMILES string of the molecule is Cc1nn(CN(Cc2ccc(F)cc2)C2CC2)c(C)c1S(=O)(=O)N1CCCCC1. The van der Waals surface area contributed by atoms with Crippen LogP contribution in [0.4, 0.5) is 4.39 Å². The number of hydrogen-bond acceptors (Lipinski definition) is 4. The van der Waals surface area contributed by atoms with Crippen molar-refractivity contribution >= 4 is 10.0 Å². The molecule has 1 saturated carbocycles. The van der Waals surface area contributed by atoms with Gasteiger partial charge in [-0.15, -0.1) is 0 Å². The van der Waals surface area contributed by atoms with Crippen LogP contribution < -0.4 is 0 Å². The molecule has 0 radical (unpaired) electrons. The Hall–Kier alpha value is -1.77. The molecule has 0 bridgehead atoms. The van der Waals surface area contributed by atoms with Crippen molar-refractivity contribution in [2.24, 2.45) is 0 Å². The smallest absolute Gasteiger partial charge is 0.246 e. The van der Waals surface area contributed by atoms with Crippen molar-refractivity contribution in [1.29, 1.82) is 0 Å². The summed E-state index contributed by atoms with van der Waals surface area (Å²) in [6.07, 6.45) is 5.17. The Balaban J connectivity index is 1.57. The third-order valence-corrected chi connectivity index (χ3v) is 8.06. The van der Waals surface area contributed by atoms with Crippen LogP contribution in [0.5, 0.6) is 0 Å². The fraction of sp³-hybridized carbons (Fsp3) is 0.571. The van der Waals surface area contributed by atoms with Crippen molar-refractivity contribution in [3.63, 3.8) is 0 Å². The summed E-state index contributed by atoms with van der Waals surface area (Å²) < 4.78 is 43.1. The van der Waals surface area contributed by atoms with Gasteiger partial charge in [-0.2, -0.15) is 9.40 Å². The van der Waals surface area contributed by atoms with E-state index in [1.165, 1.54) is 12.1 Å². The number of aromatic nitrogens is 2. The van der Waals surface area contributed by atoms with Gasteiger partial charge in [-0.05, 0) is 57.2 Å². The fourth-order valence-corrected chi connectivity index (χ4v) is 6.05. The van der Waals surface area contributed by atoms with E-state index in [9.17, 15) is 12.8 Å². The van der Waals surface area contributed by atoms with Gasteiger partial charge in [-0.3, -0.25) is 9.58 Å². The maximum absolute atomic E-state index is 13.2. The van der Waals surface area contributed by atoms with Crippen LogP contribution in [-0.4, -0.2) is 46.5 Å². The zero-order valence-electron chi connectivity index (χ0n) is 17.1. The zero-order chi connectivity index (χ0) is 20.6. The number of benzene rings is 1. The number of halogens is 1. The Kier molecular flexibility index (Phi) is 5.77. The molecular formula is C21H29FN4O2S. The molecular weight excluding hydrogens is 391 g/mol. The second kappa shape index (κ2) is 8.16. The highest BCUT2D eigenvalue weighted by Crippen LogP contribution is 2.31. The molecule has 29 heavy (non-hydrogen) atoms. The molecule has 1 aromatic heterocycles. The predicted molar refractivity (Wildman–Crippen MR) is 109 cm³/mol. The van der Waals surface area contributed by atoms with Crippen LogP contribution in [0.25, 0.3) is 0 Å². The topological polar surface area (TPSA) is 58.4 Å². The summed E-state index contributed by atoms with van der Waals surface area (Å²) in [6, 6.07) is 7.03. The first kappa shape index (κ1) is 20.5. The van der Waals surface area contributed by atoms with Crippen molar-refractivity contribution in [2.75, 3.05) is 13.1 Å². The molecule has 6 nitrogen and oxygen atoms in total. The number of sulfonamides is 1. The largest absolute Gasteiger partial charge is 0.277 e. The Bertz CT molecular complexity index is 961. The molecule has 1 aliphatic carbocycles. The van der Waals surface area contributed by atoms with Gasteiger partial charge in [0.15, 0.2) is 0 Å². The van der Waals surface area contributed by atoms with Crippen LogP contribution in [0.15, 0.2) is 29.2 Å². The van der Waals surface area contributed by atoms with E-state index in [0.29, 0.717) is 48.6 Å². The molecule has 0 amide bonds. The molecule has 0 unspecified atom stereocenters. The first-order chi connectivity index (χ1) is 13.9. The molecule has 1 saturated heterocycles. The summed E-state index contributed by atoms with van der Waals surface area (Å²) in [5.41, 5.74) is 2.30. The van der Waals surface area contributed by atoms with E-state index in [1.54, 1.807) is 23.4 Å². The minimum Gasteiger partial charge on any atom is -0.277 e. The highest BCUT2D eigenvalue weighted by molar-refractivity contribution is 7.89. The summed E-state index contributed by atoms with van der Waals surface area (Å²) in [7, 11) is -3.52. The molecule has 158 valence electrons. The molecule has 8 heteroatoms. The minimum atomic E-state index is -3.52. The Morgan fingerprint density at radius 1 is 1.10 bits per heavy atom. The standard InChI is InChI=1S/C21H29FN4O2S/c1-16-21(29(27,28)25-12-4-3-5-13-25)17(2)26(23-16)15-24(20-10-11-20)14-18-6-8-19(22)9-7-18/h6-9,20H,3-5,10-15H2,1-2H3. The average Bonchev–Trinajstić information content (AvgIpc) is 3.50. The van der Waals surface area contributed by atoms with E-state index in [-0.39, 0.29) is 5.82 Å². The normalized spacial score (nSPS) is 18.5. The van der Waals surface area contributed by atoms with E-state index in [1.807, 2.05) is 11.6 Å². The van der Waals surface area contributed by atoms with Gasteiger partial charge in [0.05, 0.1) is 18.1 Å². The number of rotatable bonds is 7. The first-order valence-corrected chi connectivity index (χ1v) is 11.8. The van der Waals surface area contributed by atoms with Gasteiger partial charge in [0.1, 0.15) is 10.7 Å². The van der Waals surface area contributed by atoms with Crippen molar-refractivity contribution in [1.82, 2.24) is 19.0 Å².